The molecule has 0 aliphatic carbocycles. The molecule has 2 heterocycles. The summed E-state index contributed by atoms with van der Waals surface area (Å²) in [5.74, 6) is 2.67. The van der Waals surface area contributed by atoms with Crippen molar-refractivity contribution in [3.8, 4) is 23.8 Å². The molecule has 0 unspecified atom stereocenters. The van der Waals surface area contributed by atoms with Crippen LogP contribution >= 0.6 is 11.3 Å². The highest BCUT2D eigenvalue weighted by Crippen LogP contribution is 2.37. The van der Waals surface area contributed by atoms with Crippen molar-refractivity contribution in [2.45, 2.75) is 6.54 Å². The minimum atomic E-state index is -0.876. The van der Waals surface area contributed by atoms with Crippen molar-refractivity contribution >= 4 is 38.8 Å². The summed E-state index contributed by atoms with van der Waals surface area (Å²) < 4.78 is 13.0. The second-order valence-electron chi connectivity index (χ2n) is 6.02. The van der Waals surface area contributed by atoms with Crippen LogP contribution < -0.4 is 14.3 Å². The number of rotatable bonds is 4. The van der Waals surface area contributed by atoms with Crippen molar-refractivity contribution in [2.24, 2.45) is 4.99 Å². The van der Waals surface area contributed by atoms with Crippen molar-refractivity contribution in [3.05, 3.63) is 60.9 Å². The Morgan fingerprint density at radius 3 is 2.37 bits per heavy atom. The number of nitro groups is 2. The molecule has 0 radical (unpaired) electrons. The van der Waals surface area contributed by atoms with Crippen molar-refractivity contribution in [3.63, 3.8) is 0 Å². The Hall–Kier alpha value is -4.24. The number of fused-ring (bicyclic) bond motifs is 2. The second kappa shape index (κ2) is 7.30. The molecule has 1 aliphatic heterocycles. The van der Waals surface area contributed by atoms with E-state index in [9.17, 15) is 25.0 Å². The molecule has 0 atom stereocenters. The fourth-order valence-electron chi connectivity index (χ4n) is 2.87. The zero-order valence-corrected chi connectivity index (χ0v) is 15.7. The molecule has 11 nitrogen and oxygen atoms in total. The number of carbonyl (C=O) groups excluding carboxylic acids is 1. The van der Waals surface area contributed by atoms with Gasteiger partial charge in [0, 0.05) is 24.3 Å². The molecule has 1 amide bonds. The van der Waals surface area contributed by atoms with Crippen LogP contribution in [-0.2, 0) is 6.54 Å². The third-order valence-electron chi connectivity index (χ3n) is 4.19. The summed E-state index contributed by atoms with van der Waals surface area (Å²) in [5.41, 5.74) is -0.781. The Morgan fingerprint density at radius 1 is 1.13 bits per heavy atom. The van der Waals surface area contributed by atoms with E-state index in [0.717, 1.165) is 34.2 Å². The molecule has 0 saturated carbocycles. The summed E-state index contributed by atoms with van der Waals surface area (Å²) >= 11 is 1.15. The third kappa shape index (κ3) is 3.33. The molecule has 0 N–H and O–H groups in total. The van der Waals surface area contributed by atoms with Gasteiger partial charge in [-0.25, -0.2) is 0 Å². The number of non-ortho nitro benzene ring substituents is 2. The summed E-state index contributed by atoms with van der Waals surface area (Å²) in [6, 6.07) is 6.10. The number of aromatic nitrogens is 1. The molecule has 3 aromatic rings. The van der Waals surface area contributed by atoms with Gasteiger partial charge in [0.2, 0.25) is 6.79 Å². The van der Waals surface area contributed by atoms with Gasteiger partial charge in [0.1, 0.15) is 0 Å². The SMILES string of the molecule is C#CCn1c(=NC(=O)c2cc([N+](=O)[O-])cc([N+](=O)[O-])c2)sc2cc3c(cc21)OCO3. The van der Waals surface area contributed by atoms with Crippen molar-refractivity contribution < 1.29 is 24.1 Å². The highest BCUT2D eigenvalue weighted by Gasteiger charge is 2.21. The van der Waals surface area contributed by atoms with Crippen LogP contribution in [0.5, 0.6) is 11.5 Å². The number of ether oxygens (including phenoxy) is 2. The largest absolute Gasteiger partial charge is 0.454 e. The molecule has 1 aromatic heterocycles. The zero-order chi connectivity index (χ0) is 21.4. The standard InChI is InChI=1S/C18H10N4O7S/c1-2-3-20-13-7-14-15(29-9-28-14)8-16(13)30-18(20)19-17(23)10-4-11(21(24)25)6-12(5-10)22(26)27/h1,4-8H,3,9H2. The molecule has 30 heavy (non-hydrogen) atoms. The predicted octanol–water partition coefficient (Wildman–Crippen LogP) is 2.62. The number of nitro benzene ring substituents is 2. The number of benzene rings is 2. The van der Waals surface area contributed by atoms with Gasteiger partial charge in [-0.1, -0.05) is 17.3 Å². The summed E-state index contributed by atoms with van der Waals surface area (Å²) in [6.45, 7) is 0.198. The zero-order valence-electron chi connectivity index (χ0n) is 14.9. The normalized spacial score (nSPS) is 12.7. The third-order valence-corrected chi connectivity index (χ3v) is 5.24. The van der Waals surface area contributed by atoms with Gasteiger partial charge in [-0.15, -0.1) is 6.42 Å². The van der Waals surface area contributed by atoms with Gasteiger partial charge >= 0.3 is 0 Å². The topological polar surface area (TPSA) is 139 Å². The monoisotopic (exact) mass is 426 g/mol. The first-order valence-corrected chi connectivity index (χ1v) is 9.08. The smallest absolute Gasteiger partial charge is 0.280 e. The van der Waals surface area contributed by atoms with E-state index in [1.165, 1.54) is 0 Å². The van der Waals surface area contributed by atoms with Crippen LogP contribution in [0.2, 0.25) is 0 Å². The van der Waals surface area contributed by atoms with Gasteiger partial charge in [-0.2, -0.15) is 4.99 Å². The van der Waals surface area contributed by atoms with E-state index in [0.29, 0.717) is 17.0 Å². The van der Waals surface area contributed by atoms with Gasteiger partial charge in [0.25, 0.3) is 17.3 Å². The van der Waals surface area contributed by atoms with Crippen LogP contribution in [0.25, 0.3) is 10.2 Å². The van der Waals surface area contributed by atoms with E-state index in [-0.39, 0.29) is 23.7 Å². The molecular formula is C18H10N4O7S. The summed E-state index contributed by atoms with van der Waals surface area (Å²) in [7, 11) is 0. The van der Waals surface area contributed by atoms with E-state index < -0.39 is 27.1 Å². The van der Waals surface area contributed by atoms with Crippen molar-refractivity contribution in [2.75, 3.05) is 6.79 Å². The number of hydrogen-bond donors (Lipinski definition) is 0. The maximum Gasteiger partial charge on any atom is 0.280 e. The Bertz CT molecular complexity index is 1320. The molecule has 150 valence electrons. The van der Waals surface area contributed by atoms with Crippen LogP contribution in [-0.4, -0.2) is 27.1 Å². The van der Waals surface area contributed by atoms with E-state index in [4.69, 9.17) is 15.9 Å². The molecule has 0 fully saturated rings. The van der Waals surface area contributed by atoms with Gasteiger partial charge in [0.05, 0.1) is 38.2 Å². The maximum absolute atomic E-state index is 12.7. The Balaban J connectivity index is 1.86. The number of thiazole rings is 1. The van der Waals surface area contributed by atoms with Gasteiger partial charge in [-0.3, -0.25) is 25.0 Å². The van der Waals surface area contributed by atoms with Crippen molar-refractivity contribution in [1.82, 2.24) is 4.57 Å². The lowest BCUT2D eigenvalue weighted by Crippen LogP contribution is -2.16. The first-order chi connectivity index (χ1) is 14.4. The summed E-state index contributed by atoms with van der Waals surface area (Å²) in [5, 5.41) is 22.1. The van der Waals surface area contributed by atoms with Crippen molar-refractivity contribution in [1.29, 1.82) is 0 Å². The number of terminal acetylenes is 1. The number of hydrogen-bond acceptors (Lipinski definition) is 8. The average molecular weight is 426 g/mol. The maximum atomic E-state index is 12.7. The summed E-state index contributed by atoms with van der Waals surface area (Å²) in [4.78, 5) is 37.4. The number of nitrogens with zero attached hydrogens (tertiary/aromatic N) is 4. The minimum absolute atomic E-state index is 0.0981. The number of carbonyl (C=O) groups is 1. The van der Waals surface area contributed by atoms with E-state index >= 15 is 0 Å². The summed E-state index contributed by atoms with van der Waals surface area (Å²) in [6.07, 6.45) is 5.44. The minimum Gasteiger partial charge on any atom is -0.454 e. The number of amides is 1. The molecule has 4 rings (SSSR count). The van der Waals surface area contributed by atoms with Gasteiger partial charge < -0.3 is 14.0 Å². The Kier molecular flexibility index (Phi) is 4.65. The molecule has 0 saturated heterocycles. The molecule has 12 heteroatoms. The molecule has 2 aromatic carbocycles. The Labute approximate surface area is 171 Å². The fourth-order valence-corrected chi connectivity index (χ4v) is 3.91. The lowest BCUT2D eigenvalue weighted by atomic mass is 10.1. The molecule has 0 spiro atoms. The van der Waals surface area contributed by atoms with Crippen LogP contribution in [0.1, 0.15) is 10.4 Å². The van der Waals surface area contributed by atoms with Crippen LogP contribution in [0.4, 0.5) is 11.4 Å². The Morgan fingerprint density at radius 2 is 1.77 bits per heavy atom. The quantitative estimate of drug-likeness (QED) is 0.355. The predicted molar refractivity (Wildman–Crippen MR) is 104 cm³/mol. The second-order valence-corrected chi connectivity index (χ2v) is 7.03. The van der Waals surface area contributed by atoms with E-state index in [2.05, 4.69) is 10.9 Å². The van der Waals surface area contributed by atoms with Crippen LogP contribution in [0, 0.1) is 32.6 Å². The highest BCUT2D eigenvalue weighted by molar-refractivity contribution is 7.16. The first-order valence-electron chi connectivity index (χ1n) is 8.27. The van der Waals surface area contributed by atoms with Gasteiger partial charge in [-0.05, 0) is 0 Å². The molecule has 1 aliphatic rings. The van der Waals surface area contributed by atoms with Crippen LogP contribution in [0.3, 0.4) is 0 Å². The van der Waals surface area contributed by atoms with E-state index in [1.807, 2.05) is 0 Å². The van der Waals surface area contributed by atoms with Crippen LogP contribution in [0.15, 0.2) is 35.3 Å². The van der Waals surface area contributed by atoms with E-state index in [1.54, 1.807) is 16.7 Å². The van der Waals surface area contributed by atoms with Gasteiger partial charge in [0.15, 0.2) is 16.3 Å². The average Bonchev–Trinajstić information content (AvgIpc) is 3.30. The lowest BCUT2D eigenvalue weighted by Gasteiger charge is -2.01. The molecular weight excluding hydrogens is 416 g/mol. The first kappa shape index (κ1) is 19.1. The molecule has 0 bridgehead atoms. The lowest BCUT2D eigenvalue weighted by molar-refractivity contribution is -0.394. The fraction of sp³-hybridized carbons (Fsp3) is 0.111. The highest BCUT2D eigenvalue weighted by atomic mass is 32.1.